The Hall–Kier alpha value is -0.370. The molecular formula is C16H26O2. The lowest BCUT2D eigenvalue weighted by molar-refractivity contribution is -0.128. The van der Waals surface area contributed by atoms with Crippen molar-refractivity contribution >= 4 is 5.78 Å². The molecule has 0 aromatic carbocycles. The van der Waals surface area contributed by atoms with Crippen molar-refractivity contribution in [2.75, 3.05) is 0 Å². The molecule has 0 heterocycles. The van der Waals surface area contributed by atoms with Crippen LogP contribution in [0.5, 0.6) is 0 Å². The Morgan fingerprint density at radius 3 is 1.67 bits per heavy atom. The van der Waals surface area contributed by atoms with E-state index in [0.29, 0.717) is 17.6 Å². The fourth-order valence-electron chi connectivity index (χ4n) is 4.48. The van der Waals surface area contributed by atoms with Crippen LogP contribution in [0, 0.1) is 23.7 Å². The highest BCUT2D eigenvalue weighted by atomic mass is 16.3. The van der Waals surface area contributed by atoms with Crippen LogP contribution in [0.2, 0.25) is 0 Å². The molecular weight excluding hydrogens is 224 g/mol. The molecule has 2 heteroatoms. The van der Waals surface area contributed by atoms with Crippen molar-refractivity contribution in [3.63, 3.8) is 0 Å². The van der Waals surface area contributed by atoms with Gasteiger partial charge in [0.2, 0.25) is 0 Å². The molecule has 1 unspecified atom stereocenters. The summed E-state index contributed by atoms with van der Waals surface area (Å²) >= 11 is 0. The highest BCUT2D eigenvalue weighted by Crippen LogP contribution is 2.41. The maximum absolute atomic E-state index is 11.1. The van der Waals surface area contributed by atoms with E-state index in [1.165, 1.54) is 51.4 Å². The fraction of sp³-hybridized carbons (Fsp3) is 0.938. The van der Waals surface area contributed by atoms with Crippen molar-refractivity contribution < 1.29 is 9.90 Å². The van der Waals surface area contributed by atoms with E-state index >= 15 is 0 Å². The van der Waals surface area contributed by atoms with Gasteiger partial charge in [-0.2, -0.15) is 0 Å². The first-order valence-electron chi connectivity index (χ1n) is 7.93. The van der Waals surface area contributed by atoms with Crippen LogP contribution in [-0.4, -0.2) is 17.0 Å². The predicted octanol–water partition coefficient (Wildman–Crippen LogP) is 3.32. The van der Waals surface area contributed by atoms with Crippen LogP contribution in [-0.2, 0) is 4.79 Å². The van der Waals surface area contributed by atoms with Gasteiger partial charge in [0.25, 0.3) is 0 Å². The summed E-state index contributed by atoms with van der Waals surface area (Å²) in [5.74, 6) is 3.37. The third-order valence-electron chi connectivity index (χ3n) is 5.80. The van der Waals surface area contributed by atoms with E-state index in [1.807, 2.05) is 0 Å². The van der Waals surface area contributed by atoms with Crippen molar-refractivity contribution in [1.82, 2.24) is 0 Å². The Morgan fingerprint density at radius 2 is 1.44 bits per heavy atom. The Kier molecular flexibility index (Phi) is 3.74. The van der Waals surface area contributed by atoms with Crippen molar-refractivity contribution in [3.05, 3.63) is 0 Å². The third kappa shape index (κ3) is 2.64. The van der Waals surface area contributed by atoms with Crippen LogP contribution in [0.3, 0.4) is 0 Å². The number of Topliss-reactive ketones (excluding diaryl/α,β-unsaturated/α-hetero) is 1. The van der Waals surface area contributed by atoms with Gasteiger partial charge in [-0.05, 0) is 75.5 Å². The second-order valence-corrected chi connectivity index (χ2v) is 6.97. The zero-order valence-corrected chi connectivity index (χ0v) is 11.3. The number of fused-ring (bicyclic) bond motifs is 6. The molecule has 0 aromatic rings. The number of aliphatic hydroxyl groups is 1. The summed E-state index contributed by atoms with van der Waals surface area (Å²) in [5.41, 5.74) is 0. The Balaban J connectivity index is 0.000000111. The summed E-state index contributed by atoms with van der Waals surface area (Å²) < 4.78 is 0. The summed E-state index contributed by atoms with van der Waals surface area (Å²) in [6.07, 6.45) is 12.5. The fourth-order valence-corrected chi connectivity index (χ4v) is 4.48. The van der Waals surface area contributed by atoms with Gasteiger partial charge in [0.05, 0.1) is 6.10 Å². The molecule has 0 aromatic heterocycles. The van der Waals surface area contributed by atoms with Gasteiger partial charge >= 0.3 is 0 Å². The van der Waals surface area contributed by atoms with Crippen molar-refractivity contribution in [2.45, 2.75) is 70.3 Å². The second kappa shape index (κ2) is 5.32. The molecule has 0 saturated heterocycles. The van der Waals surface area contributed by atoms with Crippen molar-refractivity contribution in [2.24, 2.45) is 23.7 Å². The van der Waals surface area contributed by atoms with Gasteiger partial charge in [-0.15, -0.1) is 0 Å². The summed E-state index contributed by atoms with van der Waals surface area (Å²) in [7, 11) is 0. The number of carbonyl (C=O) groups is 1. The molecule has 0 radical (unpaired) electrons. The second-order valence-electron chi connectivity index (χ2n) is 6.97. The molecule has 0 aliphatic heterocycles. The summed E-state index contributed by atoms with van der Waals surface area (Å²) in [4.78, 5) is 11.1. The van der Waals surface area contributed by atoms with Crippen molar-refractivity contribution in [1.29, 1.82) is 0 Å². The zero-order valence-electron chi connectivity index (χ0n) is 11.3. The minimum Gasteiger partial charge on any atom is -0.393 e. The molecule has 0 amide bonds. The number of aliphatic hydroxyl groups excluding tert-OH is 1. The van der Waals surface area contributed by atoms with E-state index < -0.39 is 0 Å². The van der Waals surface area contributed by atoms with E-state index in [9.17, 15) is 9.90 Å². The lowest BCUT2D eigenvalue weighted by atomic mass is 9.69. The van der Waals surface area contributed by atoms with Crippen LogP contribution >= 0.6 is 0 Å². The van der Waals surface area contributed by atoms with Crippen LogP contribution in [0.4, 0.5) is 0 Å². The van der Waals surface area contributed by atoms with Crippen LogP contribution in [0.25, 0.3) is 0 Å². The highest BCUT2D eigenvalue weighted by molar-refractivity contribution is 5.82. The summed E-state index contributed by atoms with van der Waals surface area (Å²) in [5, 5.41) is 9.40. The first-order chi connectivity index (χ1) is 8.72. The third-order valence-corrected chi connectivity index (χ3v) is 5.80. The van der Waals surface area contributed by atoms with Gasteiger partial charge in [0.15, 0.2) is 0 Å². The number of carbonyl (C=O) groups excluding carboxylic acids is 1. The molecule has 6 saturated carbocycles. The number of hydrogen-bond acceptors (Lipinski definition) is 2. The first kappa shape index (κ1) is 12.7. The maximum atomic E-state index is 11.1. The quantitative estimate of drug-likeness (QED) is 0.716. The molecule has 6 rings (SSSR count). The average molecular weight is 250 g/mol. The molecule has 18 heavy (non-hydrogen) atoms. The average Bonchev–Trinajstić information content (AvgIpc) is 2.41. The molecule has 102 valence electrons. The summed E-state index contributed by atoms with van der Waals surface area (Å²) in [6.45, 7) is 0. The number of ketones is 1. The Labute approximate surface area is 110 Å². The van der Waals surface area contributed by atoms with Gasteiger partial charge in [-0.25, -0.2) is 0 Å². The van der Waals surface area contributed by atoms with E-state index in [2.05, 4.69) is 0 Å². The van der Waals surface area contributed by atoms with Gasteiger partial charge in [-0.3, -0.25) is 4.79 Å². The lowest BCUT2D eigenvalue weighted by Crippen LogP contribution is -2.34. The molecule has 0 spiro atoms. The smallest absolute Gasteiger partial charge is 0.136 e. The Morgan fingerprint density at radius 1 is 0.833 bits per heavy atom. The SMILES string of the molecule is O=C1CC2CCC1CC2.OC1CC2CCC1CC2. The molecule has 4 bridgehead atoms. The minimum absolute atomic E-state index is 0.0671. The standard InChI is InChI=1S/C8H14O.C8H12O/c2*9-8-5-6-1-3-7(8)4-2-6/h6-9H,1-5H2;6-7H,1-5H2. The molecule has 6 aliphatic carbocycles. The predicted molar refractivity (Wildman–Crippen MR) is 71.1 cm³/mol. The van der Waals surface area contributed by atoms with Gasteiger partial charge in [0.1, 0.15) is 5.78 Å². The molecule has 1 N–H and O–H groups in total. The van der Waals surface area contributed by atoms with Gasteiger partial charge in [-0.1, -0.05) is 0 Å². The van der Waals surface area contributed by atoms with Crippen LogP contribution in [0.15, 0.2) is 0 Å². The van der Waals surface area contributed by atoms with E-state index in [4.69, 9.17) is 0 Å². The zero-order chi connectivity index (χ0) is 12.5. The normalized spacial score (nSPS) is 45.6. The maximum Gasteiger partial charge on any atom is 0.136 e. The lowest BCUT2D eigenvalue weighted by Gasteiger charge is -2.39. The first-order valence-corrected chi connectivity index (χ1v) is 7.93. The van der Waals surface area contributed by atoms with Crippen LogP contribution < -0.4 is 0 Å². The largest absolute Gasteiger partial charge is 0.393 e. The number of hydrogen-bond donors (Lipinski definition) is 1. The van der Waals surface area contributed by atoms with E-state index in [0.717, 1.165) is 24.7 Å². The minimum atomic E-state index is 0.0671. The molecule has 2 nitrogen and oxygen atoms in total. The monoisotopic (exact) mass is 250 g/mol. The molecule has 6 fully saturated rings. The summed E-state index contributed by atoms with van der Waals surface area (Å²) in [6, 6.07) is 0. The molecule has 1 atom stereocenters. The van der Waals surface area contributed by atoms with Gasteiger partial charge in [0, 0.05) is 12.3 Å². The van der Waals surface area contributed by atoms with E-state index in [1.54, 1.807) is 0 Å². The topological polar surface area (TPSA) is 37.3 Å². The van der Waals surface area contributed by atoms with Crippen molar-refractivity contribution in [3.8, 4) is 0 Å². The molecule has 6 aliphatic rings. The highest BCUT2D eigenvalue weighted by Gasteiger charge is 2.34. The number of rotatable bonds is 0. The van der Waals surface area contributed by atoms with Gasteiger partial charge < -0.3 is 5.11 Å². The van der Waals surface area contributed by atoms with Crippen LogP contribution in [0.1, 0.15) is 64.2 Å². The van der Waals surface area contributed by atoms with E-state index in [-0.39, 0.29) is 6.10 Å². The Bertz CT molecular complexity index is 296.